The van der Waals surface area contributed by atoms with Crippen molar-refractivity contribution in [3.8, 4) is 0 Å². The third-order valence-electron chi connectivity index (χ3n) is 6.04. The van der Waals surface area contributed by atoms with E-state index in [4.69, 9.17) is 32.9 Å². The summed E-state index contributed by atoms with van der Waals surface area (Å²) in [5.41, 5.74) is 4.09. The lowest BCUT2D eigenvalue weighted by molar-refractivity contribution is 0.0303. The van der Waals surface area contributed by atoms with Crippen LogP contribution in [0.25, 0.3) is 0 Å². The summed E-state index contributed by atoms with van der Waals surface area (Å²) in [7, 11) is 0. The predicted molar refractivity (Wildman–Crippen MR) is 134 cm³/mol. The number of nitrogens with zero attached hydrogens (tertiary/aromatic N) is 2. The summed E-state index contributed by atoms with van der Waals surface area (Å²) >= 11 is 13.2. The number of benzene rings is 1. The molecule has 1 atom stereocenters. The average Bonchev–Trinajstić information content (AvgIpc) is 2.76. The van der Waals surface area contributed by atoms with Crippen LogP contribution in [0.5, 0.6) is 0 Å². The molecule has 4 nitrogen and oxygen atoms in total. The van der Waals surface area contributed by atoms with Gasteiger partial charge >= 0.3 is 0 Å². The first-order valence-electron chi connectivity index (χ1n) is 11.3. The van der Waals surface area contributed by atoms with Crippen LogP contribution in [0.1, 0.15) is 50.5 Å². The molecule has 0 spiro atoms. The summed E-state index contributed by atoms with van der Waals surface area (Å²) in [6, 6.07) is 3.33. The van der Waals surface area contributed by atoms with Gasteiger partial charge in [0.25, 0.3) is 11.8 Å². The van der Waals surface area contributed by atoms with Gasteiger partial charge in [0.15, 0.2) is 0 Å². The van der Waals surface area contributed by atoms with Crippen LogP contribution in [0.2, 0.25) is 10.0 Å². The lowest BCUT2D eigenvalue weighted by Gasteiger charge is -2.27. The number of hydrogen-bond acceptors (Lipinski definition) is 3. The van der Waals surface area contributed by atoms with Crippen molar-refractivity contribution in [2.24, 2.45) is 10.9 Å². The molecule has 0 bridgehead atoms. The molecule has 1 saturated heterocycles. The Morgan fingerprint density at radius 3 is 2.44 bits per heavy atom. The summed E-state index contributed by atoms with van der Waals surface area (Å²) in [4.78, 5) is 19.6. The molecule has 1 heterocycles. The number of aliphatic imine (C=N–C) groups is 1. The minimum Gasteiger partial charge on any atom is -0.378 e. The highest BCUT2D eigenvalue weighted by Gasteiger charge is 2.30. The predicted octanol–water partition coefficient (Wildman–Crippen LogP) is 6.92. The third-order valence-corrected chi connectivity index (χ3v) is 6.82. The molecule has 0 aromatic heterocycles. The second kappa shape index (κ2) is 10.7. The largest absolute Gasteiger partial charge is 0.378 e. The van der Waals surface area contributed by atoms with Gasteiger partial charge in [0, 0.05) is 48.6 Å². The van der Waals surface area contributed by atoms with Gasteiger partial charge in [-0.25, -0.2) is 8.78 Å². The van der Waals surface area contributed by atoms with Gasteiger partial charge in [0.1, 0.15) is 0 Å². The van der Waals surface area contributed by atoms with Gasteiger partial charge in [-0.2, -0.15) is 0 Å². The van der Waals surface area contributed by atoms with E-state index in [0.29, 0.717) is 59.5 Å². The summed E-state index contributed by atoms with van der Waals surface area (Å²) in [5.74, 6) is -3.34. The number of alkyl halides is 2. The van der Waals surface area contributed by atoms with Crippen molar-refractivity contribution in [1.82, 2.24) is 4.90 Å². The first-order valence-corrected chi connectivity index (χ1v) is 12.0. The standard InChI is InChI=1S/C26H30Cl2F2N2O2/c1-15(2)22(31-24-16(3)12-18(13-17(24)4)26(5,29)30)14-20-21(27)7-6-19(23(20)28)25(33)32-8-10-34-11-9-32/h6-7,12-13,16H,8-11,14H2,1-5H3/t16-/m0/s1. The maximum absolute atomic E-state index is 13.9. The molecule has 184 valence electrons. The fraction of sp³-hybridized carbons (Fsp3) is 0.462. The molecule has 0 N–H and O–H groups in total. The maximum atomic E-state index is 13.9. The van der Waals surface area contributed by atoms with E-state index in [1.165, 1.54) is 6.08 Å². The smallest absolute Gasteiger partial charge is 0.270 e. The van der Waals surface area contributed by atoms with Crippen LogP contribution in [0.3, 0.4) is 0 Å². The Morgan fingerprint density at radius 2 is 1.88 bits per heavy atom. The molecule has 2 aliphatic rings. The summed E-state index contributed by atoms with van der Waals surface area (Å²) in [6.07, 6.45) is 3.35. The Balaban J connectivity index is 1.94. The van der Waals surface area contributed by atoms with Gasteiger partial charge in [-0.15, -0.1) is 0 Å². The number of amides is 1. The van der Waals surface area contributed by atoms with E-state index in [1.807, 2.05) is 20.8 Å². The highest BCUT2D eigenvalue weighted by Crippen LogP contribution is 2.34. The van der Waals surface area contributed by atoms with Gasteiger partial charge in [-0.05, 0) is 50.1 Å². The van der Waals surface area contributed by atoms with Crippen molar-refractivity contribution in [1.29, 1.82) is 0 Å². The molecule has 1 aromatic carbocycles. The fourth-order valence-electron chi connectivity index (χ4n) is 4.03. The van der Waals surface area contributed by atoms with Crippen molar-refractivity contribution in [3.05, 3.63) is 67.9 Å². The van der Waals surface area contributed by atoms with Gasteiger partial charge in [0.2, 0.25) is 0 Å². The van der Waals surface area contributed by atoms with Crippen LogP contribution in [0.15, 0.2) is 51.7 Å². The van der Waals surface area contributed by atoms with Crippen molar-refractivity contribution in [2.45, 2.75) is 47.0 Å². The monoisotopic (exact) mass is 510 g/mol. The van der Waals surface area contributed by atoms with Crippen LogP contribution >= 0.6 is 23.2 Å². The topological polar surface area (TPSA) is 41.9 Å². The molecule has 34 heavy (non-hydrogen) atoms. The molecule has 0 radical (unpaired) electrons. The quantitative estimate of drug-likeness (QED) is 0.431. The Bertz CT molecular complexity index is 1090. The summed E-state index contributed by atoms with van der Waals surface area (Å²) < 4.78 is 33.0. The zero-order valence-corrected chi connectivity index (χ0v) is 21.7. The van der Waals surface area contributed by atoms with Crippen molar-refractivity contribution < 1.29 is 18.3 Å². The maximum Gasteiger partial charge on any atom is 0.270 e. The molecule has 1 aliphatic heterocycles. The molecule has 0 saturated carbocycles. The Morgan fingerprint density at radius 1 is 1.24 bits per heavy atom. The van der Waals surface area contributed by atoms with Gasteiger partial charge in [-0.1, -0.05) is 41.8 Å². The lowest BCUT2D eigenvalue weighted by Crippen LogP contribution is -2.40. The summed E-state index contributed by atoms with van der Waals surface area (Å²) in [5, 5.41) is 0.749. The van der Waals surface area contributed by atoms with Gasteiger partial charge < -0.3 is 9.64 Å². The summed E-state index contributed by atoms with van der Waals surface area (Å²) in [6.45, 7) is 10.4. The van der Waals surface area contributed by atoms with Crippen molar-refractivity contribution in [2.75, 3.05) is 26.3 Å². The molecule has 1 aliphatic carbocycles. The van der Waals surface area contributed by atoms with E-state index >= 15 is 0 Å². The molecular weight excluding hydrogens is 481 g/mol. The van der Waals surface area contributed by atoms with E-state index in [9.17, 15) is 13.6 Å². The number of carbonyl (C=O) groups is 1. The highest BCUT2D eigenvalue weighted by molar-refractivity contribution is 6.38. The van der Waals surface area contributed by atoms with Crippen molar-refractivity contribution >= 4 is 34.8 Å². The van der Waals surface area contributed by atoms with Crippen LogP contribution in [-0.4, -0.2) is 48.7 Å². The molecule has 0 unspecified atom stereocenters. The SMILES string of the molecule is CC1=CC(C(C)(F)F)=C[C@H](C)C1=NC(Cc1c(Cl)ccc(C(=O)N2CCOCC2)c1Cl)=C(C)C. The molecule has 1 fully saturated rings. The lowest BCUT2D eigenvalue weighted by atomic mass is 9.88. The van der Waals surface area contributed by atoms with E-state index in [2.05, 4.69) is 0 Å². The minimum atomic E-state index is -2.91. The van der Waals surface area contributed by atoms with Gasteiger partial charge in [0.05, 0.1) is 29.5 Å². The Hall–Kier alpha value is -2.02. The van der Waals surface area contributed by atoms with Crippen LogP contribution < -0.4 is 0 Å². The van der Waals surface area contributed by atoms with Gasteiger partial charge in [-0.3, -0.25) is 9.79 Å². The molecular formula is C26H30Cl2F2N2O2. The van der Waals surface area contributed by atoms with E-state index in [1.54, 1.807) is 30.0 Å². The number of allylic oxidation sites excluding steroid dienone is 6. The second-order valence-electron chi connectivity index (χ2n) is 9.04. The molecule has 1 aromatic rings. The zero-order chi connectivity index (χ0) is 25.2. The van der Waals surface area contributed by atoms with Crippen LogP contribution in [0, 0.1) is 5.92 Å². The number of hydrogen-bond donors (Lipinski definition) is 0. The Labute approximate surface area is 210 Å². The average molecular weight is 511 g/mol. The first-order chi connectivity index (χ1) is 15.9. The normalized spacial score (nSPS) is 20.2. The zero-order valence-electron chi connectivity index (χ0n) is 20.1. The number of morpholine rings is 1. The van der Waals surface area contributed by atoms with E-state index < -0.39 is 5.92 Å². The molecule has 1 amide bonds. The molecule has 8 heteroatoms. The molecule has 3 rings (SSSR count). The van der Waals surface area contributed by atoms with Crippen molar-refractivity contribution in [3.63, 3.8) is 0 Å². The van der Waals surface area contributed by atoms with E-state index in [-0.39, 0.29) is 17.4 Å². The Kier molecular flexibility index (Phi) is 8.38. The third kappa shape index (κ3) is 5.96. The highest BCUT2D eigenvalue weighted by atomic mass is 35.5. The van der Waals surface area contributed by atoms with Crippen LogP contribution in [0.4, 0.5) is 8.78 Å². The fourth-order valence-corrected chi connectivity index (χ4v) is 4.61. The first kappa shape index (κ1) is 26.6. The number of rotatable bonds is 5. The van der Waals surface area contributed by atoms with Crippen LogP contribution in [-0.2, 0) is 11.2 Å². The second-order valence-corrected chi connectivity index (χ2v) is 9.82. The minimum absolute atomic E-state index is 0.00406. The number of ether oxygens (including phenoxy) is 1. The number of halogens is 4. The van der Waals surface area contributed by atoms with E-state index in [0.717, 1.165) is 23.9 Å². The number of carbonyl (C=O) groups excluding carboxylic acids is 1.